The summed E-state index contributed by atoms with van der Waals surface area (Å²) in [5, 5.41) is 19.9. The Bertz CT molecular complexity index is 545. The van der Waals surface area contributed by atoms with Gasteiger partial charge >= 0.3 is 5.97 Å². The molecule has 0 fully saturated rings. The lowest BCUT2D eigenvalue weighted by atomic mass is 10.1. The molecule has 0 saturated heterocycles. The number of hydrogen-bond donors (Lipinski definition) is 1. The van der Waals surface area contributed by atoms with Gasteiger partial charge in [0, 0.05) is 18.5 Å². The molecule has 1 aromatic carbocycles. The number of nitro benzene ring substituents is 1. The number of hydrogen-bond acceptors (Lipinski definition) is 4. The van der Waals surface area contributed by atoms with Gasteiger partial charge in [-0.1, -0.05) is 6.07 Å². The highest BCUT2D eigenvalue weighted by molar-refractivity contribution is 5.94. The van der Waals surface area contributed by atoms with Crippen LogP contribution in [0.1, 0.15) is 10.4 Å². The van der Waals surface area contributed by atoms with Crippen LogP contribution in [-0.4, -0.2) is 25.6 Å². The molecule has 0 aliphatic heterocycles. The molecule has 1 aromatic heterocycles. The molecule has 0 atom stereocenters. The monoisotopic (exact) mass is 233 g/mol. The fourth-order valence-electron chi connectivity index (χ4n) is 1.51. The molecule has 2 aromatic rings. The minimum absolute atomic E-state index is 0.00231. The predicted molar refractivity (Wildman–Crippen MR) is 57.2 cm³/mol. The molecule has 2 rings (SSSR count). The normalized spacial score (nSPS) is 10.1. The van der Waals surface area contributed by atoms with Crippen LogP contribution in [0.3, 0.4) is 0 Å². The van der Waals surface area contributed by atoms with Crippen molar-refractivity contribution in [3.05, 3.63) is 52.6 Å². The van der Waals surface area contributed by atoms with E-state index in [1.807, 2.05) is 0 Å². The summed E-state index contributed by atoms with van der Waals surface area (Å²) in [5.41, 5.74) is -0.414. The van der Waals surface area contributed by atoms with Gasteiger partial charge in [0.15, 0.2) is 0 Å². The fourth-order valence-corrected chi connectivity index (χ4v) is 1.51. The molecule has 0 amide bonds. The highest BCUT2D eigenvalue weighted by Crippen LogP contribution is 2.26. The first kappa shape index (κ1) is 10.8. The molecule has 0 spiro atoms. The van der Waals surface area contributed by atoms with Gasteiger partial charge in [-0.3, -0.25) is 14.7 Å². The Kier molecular flexibility index (Phi) is 2.57. The van der Waals surface area contributed by atoms with Crippen LogP contribution in [0.5, 0.6) is 0 Å². The van der Waals surface area contributed by atoms with Crippen molar-refractivity contribution in [1.29, 1.82) is 0 Å². The van der Waals surface area contributed by atoms with Gasteiger partial charge in [-0.2, -0.15) is 0 Å². The van der Waals surface area contributed by atoms with Gasteiger partial charge in [0.1, 0.15) is 5.69 Å². The highest BCUT2D eigenvalue weighted by atomic mass is 16.6. The Morgan fingerprint density at radius 3 is 2.76 bits per heavy atom. The first-order valence-electron chi connectivity index (χ1n) is 4.60. The summed E-state index contributed by atoms with van der Waals surface area (Å²) in [4.78, 5) is 25.0. The molecule has 0 unspecified atom stereocenters. The molecule has 1 heterocycles. The summed E-state index contributed by atoms with van der Waals surface area (Å²) in [5.74, 6) is -1.22. The third-order valence-electron chi connectivity index (χ3n) is 2.20. The number of aromatic nitrogens is 2. The molecule has 7 nitrogen and oxygen atoms in total. The van der Waals surface area contributed by atoms with Gasteiger partial charge in [-0.05, 0) is 6.07 Å². The van der Waals surface area contributed by atoms with Crippen LogP contribution in [0.2, 0.25) is 0 Å². The molecule has 0 aliphatic carbocycles. The maximum absolute atomic E-state index is 11.0. The molecule has 0 saturated carbocycles. The van der Waals surface area contributed by atoms with E-state index in [4.69, 9.17) is 5.11 Å². The number of carbonyl (C=O) groups is 1. The van der Waals surface area contributed by atoms with Crippen LogP contribution >= 0.6 is 0 Å². The summed E-state index contributed by atoms with van der Waals surface area (Å²) >= 11 is 0. The number of nitro groups is 1. The maximum atomic E-state index is 11.0. The molecular weight excluding hydrogens is 226 g/mol. The first-order chi connectivity index (χ1) is 8.11. The topological polar surface area (TPSA) is 98.3 Å². The minimum atomic E-state index is -1.22. The van der Waals surface area contributed by atoms with E-state index in [1.54, 1.807) is 0 Å². The zero-order valence-electron chi connectivity index (χ0n) is 8.48. The Balaban J connectivity index is 2.76. The zero-order chi connectivity index (χ0) is 12.4. The van der Waals surface area contributed by atoms with Gasteiger partial charge in [0.05, 0.1) is 16.8 Å². The molecule has 0 bridgehead atoms. The van der Waals surface area contributed by atoms with Crippen molar-refractivity contribution in [3.8, 4) is 5.69 Å². The molecule has 86 valence electrons. The van der Waals surface area contributed by atoms with E-state index in [2.05, 4.69) is 4.98 Å². The second-order valence-corrected chi connectivity index (χ2v) is 3.21. The predicted octanol–water partition coefficient (Wildman–Crippen LogP) is 1.48. The quantitative estimate of drug-likeness (QED) is 0.639. The average Bonchev–Trinajstić information content (AvgIpc) is 2.80. The van der Waals surface area contributed by atoms with Crippen molar-refractivity contribution < 1.29 is 14.8 Å². The smallest absolute Gasteiger partial charge is 0.338 e. The van der Waals surface area contributed by atoms with Crippen LogP contribution in [0.4, 0.5) is 5.69 Å². The van der Waals surface area contributed by atoms with Crippen molar-refractivity contribution in [2.24, 2.45) is 0 Å². The van der Waals surface area contributed by atoms with Crippen molar-refractivity contribution in [3.63, 3.8) is 0 Å². The van der Waals surface area contributed by atoms with Gasteiger partial charge in [-0.15, -0.1) is 0 Å². The zero-order valence-corrected chi connectivity index (χ0v) is 8.48. The summed E-state index contributed by atoms with van der Waals surface area (Å²) in [7, 11) is 0. The van der Waals surface area contributed by atoms with E-state index < -0.39 is 10.9 Å². The summed E-state index contributed by atoms with van der Waals surface area (Å²) < 4.78 is 1.31. The van der Waals surface area contributed by atoms with Crippen molar-refractivity contribution >= 4 is 11.7 Å². The summed E-state index contributed by atoms with van der Waals surface area (Å²) in [6.07, 6.45) is 4.19. The summed E-state index contributed by atoms with van der Waals surface area (Å²) in [6, 6.07) is 3.90. The average molecular weight is 233 g/mol. The number of rotatable bonds is 3. The SMILES string of the molecule is O=C(O)c1cccc([N+](=O)[O-])c1-n1ccnc1. The van der Waals surface area contributed by atoms with E-state index in [9.17, 15) is 14.9 Å². The molecule has 17 heavy (non-hydrogen) atoms. The second kappa shape index (κ2) is 4.05. The number of carboxylic acid groups (broad SMARTS) is 1. The number of aromatic carboxylic acids is 1. The standard InChI is InChI=1S/C10H7N3O4/c14-10(15)7-2-1-3-8(13(16)17)9(7)12-5-4-11-6-12/h1-6H,(H,14,15). The van der Waals surface area contributed by atoms with Crippen molar-refractivity contribution in [2.75, 3.05) is 0 Å². The Hall–Kier alpha value is -2.70. The largest absolute Gasteiger partial charge is 0.478 e. The molecular formula is C10H7N3O4. The van der Waals surface area contributed by atoms with Crippen LogP contribution in [0.25, 0.3) is 5.69 Å². The van der Waals surface area contributed by atoms with Gasteiger partial charge < -0.3 is 5.11 Å². The van der Waals surface area contributed by atoms with E-state index >= 15 is 0 Å². The lowest BCUT2D eigenvalue weighted by Crippen LogP contribution is -2.07. The van der Waals surface area contributed by atoms with E-state index in [0.29, 0.717) is 0 Å². The number of carboxylic acids is 1. The number of nitrogens with zero attached hydrogens (tertiary/aromatic N) is 3. The fraction of sp³-hybridized carbons (Fsp3) is 0. The third kappa shape index (κ3) is 1.85. The lowest BCUT2D eigenvalue weighted by Gasteiger charge is -2.06. The molecule has 1 N–H and O–H groups in total. The molecule has 0 aliphatic rings. The minimum Gasteiger partial charge on any atom is -0.478 e. The van der Waals surface area contributed by atoms with Gasteiger partial charge in [0.25, 0.3) is 5.69 Å². The van der Waals surface area contributed by atoms with Crippen LogP contribution < -0.4 is 0 Å². The van der Waals surface area contributed by atoms with E-state index in [-0.39, 0.29) is 16.9 Å². The second-order valence-electron chi connectivity index (χ2n) is 3.21. The molecule has 7 heteroatoms. The number of benzene rings is 1. The van der Waals surface area contributed by atoms with E-state index in [0.717, 1.165) is 0 Å². The maximum Gasteiger partial charge on any atom is 0.338 e. The highest BCUT2D eigenvalue weighted by Gasteiger charge is 2.22. The van der Waals surface area contributed by atoms with Crippen molar-refractivity contribution in [2.45, 2.75) is 0 Å². The van der Waals surface area contributed by atoms with Crippen LogP contribution in [-0.2, 0) is 0 Å². The Morgan fingerprint density at radius 2 is 2.24 bits per heavy atom. The van der Waals surface area contributed by atoms with Crippen LogP contribution in [0, 0.1) is 10.1 Å². The third-order valence-corrected chi connectivity index (χ3v) is 2.20. The van der Waals surface area contributed by atoms with Crippen molar-refractivity contribution in [1.82, 2.24) is 9.55 Å². The summed E-state index contributed by atoms with van der Waals surface area (Å²) in [6.45, 7) is 0. The Labute approximate surface area is 95.1 Å². The molecule has 0 radical (unpaired) electrons. The van der Waals surface area contributed by atoms with Gasteiger partial charge in [-0.25, -0.2) is 9.78 Å². The van der Waals surface area contributed by atoms with Crippen LogP contribution in [0.15, 0.2) is 36.9 Å². The number of imidazole rings is 1. The van der Waals surface area contributed by atoms with E-state index in [1.165, 1.54) is 41.5 Å². The lowest BCUT2D eigenvalue weighted by molar-refractivity contribution is -0.384. The van der Waals surface area contributed by atoms with Gasteiger partial charge in [0.2, 0.25) is 0 Å². The Morgan fingerprint density at radius 1 is 1.47 bits per heavy atom. The number of para-hydroxylation sites is 1. The first-order valence-corrected chi connectivity index (χ1v) is 4.60.